The fourth-order valence-electron chi connectivity index (χ4n) is 3.71. The Morgan fingerprint density at radius 3 is 2.40 bits per heavy atom. The lowest BCUT2D eigenvalue weighted by molar-refractivity contribution is -0.385. The van der Waals surface area contributed by atoms with Crippen LogP contribution in [0.3, 0.4) is 0 Å². The SMILES string of the molecule is Cn1c(=O)n(C)c2cc(N3CCOCC3)c(NC(=O)c3ccccc3[N+](=O)[O-])cc21. The first-order valence-electron chi connectivity index (χ1n) is 9.45. The van der Waals surface area contributed by atoms with Crippen molar-refractivity contribution >= 4 is 34.0 Å². The molecule has 0 atom stereocenters. The van der Waals surface area contributed by atoms with Crippen LogP contribution in [0.15, 0.2) is 41.2 Å². The second-order valence-electron chi connectivity index (χ2n) is 7.09. The quantitative estimate of drug-likeness (QED) is 0.518. The maximum Gasteiger partial charge on any atom is 0.328 e. The lowest BCUT2D eigenvalue weighted by Gasteiger charge is -2.30. The minimum Gasteiger partial charge on any atom is -0.378 e. The maximum atomic E-state index is 12.9. The minimum absolute atomic E-state index is 0.0301. The topological polar surface area (TPSA) is 112 Å². The first kappa shape index (κ1) is 19.6. The molecule has 0 spiro atoms. The van der Waals surface area contributed by atoms with Crippen molar-refractivity contribution in [3.8, 4) is 0 Å². The molecule has 1 aliphatic rings. The molecule has 0 unspecified atom stereocenters. The van der Waals surface area contributed by atoms with Crippen LogP contribution in [0.2, 0.25) is 0 Å². The van der Waals surface area contributed by atoms with Crippen molar-refractivity contribution in [2.24, 2.45) is 14.1 Å². The van der Waals surface area contributed by atoms with E-state index in [1.165, 1.54) is 22.8 Å². The van der Waals surface area contributed by atoms with Gasteiger partial charge in [0.15, 0.2) is 0 Å². The molecule has 1 aliphatic heterocycles. The molecule has 1 saturated heterocycles. The summed E-state index contributed by atoms with van der Waals surface area (Å²) in [4.78, 5) is 38.1. The van der Waals surface area contributed by atoms with Gasteiger partial charge in [0.05, 0.1) is 40.5 Å². The van der Waals surface area contributed by atoms with E-state index < -0.39 is 10.8 Å². The number of rotatable bonds is 4. The van der Waals surface area contributed by atoms with E-state index in [1.54, 1.807) is 30.8 Å². The fourth-order valence-corrected chi connectivity index (χ4v) is 3.71. The average molecular weight is 411 g/mol. The Morgan fingerprint density at radius 1 is 1.10 bits per heavy atom. The Labute approximate surface area is 171 Å². The van der Waals surface area contributed by atoms with Crippen LogP contribution in [0.25, 0.3) is 11.0 Å². The van der Waals surface area contributed by atoms with Crippen LogP contribution in [0, 0.1) is 10.1 Å². The number of hydrogen-bond acceptors (Lipinski definition) is 6. The first-order chi connectivity index (χ1) is 14.4. The molecule has 2 aromatic carbocycles. The van der Waals surface area contributed by atoms with Gasteiger partial charge in [-0.1, -0.05) is 12.1 Å². The number of nitro groups is 1. The van der Waals surface area contributed by atoms with Gasteiger partial charge in [-0.15, -0.1) is 0 Å². The van der Waals surface area contributed by atoms with Crippen LogP contribution >= 0.6 is 0 Å². The minimum atomic E-state index is -0.586. The summed E-state index contributed by atoms with van der Waals surface area (Å²) in [5.41, 5.74) is 2.12. The highest BCUT2D eigenvalue weighted by molar-refractivity contribution is 6.09. The Balaban J connectivity index is 1.82. The molecular weight excluding hydrogens is 390 g/mol. The van der Waals surface area contributed by atoms with Crippen molar-refractivity contribution in [3.05, 3.63) is 62.6 Å². The van der Waals surface area contributed by atoms with Gasteiger partial charge >= 0.3 is 5.69 Å². The smallest absolute Gasteiger partial charge is 0.328 e. The third kappa shape index (κ3) is 3.30. The highest BCUT2D eigenvalue weighted by Gasteiger charge is 2.23. The molecule has 156 valence electrons. The molecule has 10 nitrogen and oxygen atoms in total. The predicted octanol–water partition coefficient (Wildman–Crippen LogP) is 1.87. The van der Waals surface area contributed by atoms with Gasteiger partial charge in [0.2, 0.25) is 0 Å². The van der Waals surface area contributed by atoms with Crippen LogP contribution in [0.1, 0.15) is 10.4 Å². The van der Waals surface area contributed by atoms with E-state index in [4.69, 9.17) is 4.74 Å². The number of morpholine rings is 1. The molecule has 2 heterocycles. The maximum absolute atomic E-state index is 12.9. The van der Waals surface area contributed by atoms with Gasteiger partial charge in [0.25, 0.3) is 11.6 Å². The number of fused-ring (bicyclic) bond motifs is 1. The number of nitrogens with zero attached hydrogens (tertiary/aromatic N) is 4. The molecule has 1 amide bonds. The Kier molecular flexibility index (Phi) is 5.00. The number of aromatic nitrogens is 2. The molecule has 1 aromatic heterocycles. The zero-order valence-corrected chi connectivity index (χ0v) is 16.6. The Hall–Kier alpha value is -3.66. The summed E-state index contributed by atoms with van der Waals surface area (Å²) in [5.74, 6) is -0.586. The molecule has 10 heteroatoms. The average Bonchev–Trinajstić information content (AvgIpc) is 2.97. The number of ether oxygens (including phenoxy) is 1. The number of imidazole rings is 1. The summed E-state index contributed by atoms with van der Waals surface area (Å²) in [7, 11) is 3.35. The number of hydrogen-bond donors (Lipinski definition) is 1. The van der Waals surface area contributed by atoms with Crippen LogP contribution in [0.5, 0.6) is 0 Å². The molecule has 1 fully saturated rings. The predicted molar refractivity (Wildman–Crippen MR) is 112 cm³/mol. The van der Waals surface area contributed by atoms with Crippen LogP contribution in [0.4, 0.5) is 17.1 Å². The second kappa shape index (κ2) is 7.64. The standard InChI is InChI=1S/C20H21N5O5/c1-22-17-11-14(21-19(26)13-5-3-4-6-15(13)25(28)29)16(24-7-9-30-10-8-24)12-18(17)23(2)20(22)27/h3-6,11-12H,7-10H2,1-2H3,(H,21,26). The summed E-state index contributed by atoms with van der Waals surface area (Å²) in [5, 5.41) is 14.1. The zero-order valence-electron chi connectivity index (χ0n) is 16.6. The van der Waals surface area contributed by atoms with Crippen molar-refractivity contribution in [2.45, 2.75) is 0 Å². The number of benzene rings is 2. The van der Waals surface area contributed by atoms with Crippen molar-refractivity contribution in [1.29, 1.82) is 0 Å². The number of para-hydroxylation sites is 1. The van der Waals surface area contributed by atoms with E-state index in [9.17, 15) is 19.7 Å². The summed E-state index contributed by atoms with van der Waals surface area (Å²) in [6.07, 6.45) is 0. The Morgan fingerprint density at radius 2 is 1.73 bits per heavy atom. The van der Waals surface area contributed by atoms with Gasteiger partial charge in [0, 0.05) is 33.3 Å². The van der Waals surface area contributed by atoms with Crippen molar-refractivity contribution in [3.63, 3.8) is 0 Å². The number of nitrogens with one attached hydrogen (secondary N) is 1. The van der Waals surface area contributed by atoms with Gasteiger partial charge in [-0.3, -0.25) is 24.0 Å². The van der Waals surface area contributed by atoms with Crippen molar-refractivity contribution < 1.29 is 14.5 Å². The largest absolute Gasteiger partial charge is 0.378 e. The lowest BCUT2D eigenvalue weighted by atomic mass is 10.1. The fraction of sp³-hybridized carbons (Fsp3) is 0.300. The van der Waals surface area contributed by atoms with E-state index >= 15 is 0 Å². The number of carbonyl (C=O) groups is 1. The third-order valence-electron chi connectivity index (χ3n) is 5.33. The van der Waals surface area contributed by atoms with E-state index in [0.29, 0.717) is 37.5 Å². The van der Waals surface area contributed by atoms with Gasteiger partial charge < -0.3 is 15.0 Å². The molecule has 3 aromatic rings. The van der Waals surface area contributed by atoms with E-state index in [0.717, 1.165) is 11.2 Å². The van der Waals surface area contributed by atoms with E-state index in [1.807, 2.05) is 6.07 Å². The monoisotopic (exact) mass is 411 g/mol. The summed E-state index contributed by atoms with van der Waals surface area (Å²) >= 11 is 0. The van der Waals surface area contributed by atoms with Gasteiger partial charge in [-0.2, -0.15) is 0 Å². The van der Waals surface area contributed by atoms with Gasteiger partial charge in [0.1, 0.15) is 5.56 Å². The van der Waals surface area contributed by atoms with E-state index in [-0.39, 0.29) is 16.9 Å². The van der Waals surface area contributed by atoms with E-state index in [2.05, 4.69) is 10.2 Å². The molecule has 1 N–H and O–H groups in total. The first-order valence-corrected chi connectivity index (χ1v) is 9.45. The zero-order chi connectivity index (χ0) is 21.4. The molecule has 30 heavy (non-hydrogen) atoms. The van der Waals surface area contributed by atoms with Crippen LogP contribution < -0.4 is 15.9 Å². The normalized spacial score (nSPS) is 14.1. The van der Waals surface area contributed by atoms with Crippen molar-refractivity contribution in [2.75, 3.05) is 36.5 Å². The van der Waals surface area contributed by atoms with Crippen LogP contribution in [-0.2, 0) is 18.8 Å². The van der Waals surface area contributed by atoms with Gasteiger partial charge in [-0.25, -0.2) is 4.79 Å². The number of aryl methyl sites for hydroxylation is 2. The molecule has 0 radical (unpaired) electrons. The number of nitro benzene ring substituents is 1. The molecule has 4 rings (SSSR count). The second-order valence-corrected chi connectivity index (χ2v) is 7.09. The number of carbonyl (C=O) groups excluding carboxylic acids is 1. The van der Waals surface area contributed by atoms with Gasteiger partial charge in [-0.05, 0) is 18.2 Å². The lowest BCUT2D eigenvalue weighted by Crippen LogP contribution is -2.36. The van der Waals surface area contributed by atoms with Crippen LogP contribution in [-0.4, -0.2) is 46.3 Å². The number of amides is 1. The highest BCUT2D eigenvalue weighted by Crippen LogP contribution is 2.32. The number of anilines is 2. The molecule has 0 aliphatic carbocycles. The summed E-state index contributed by atoms with van der Waals surface area (Å²) < 4.78 is 8.47. The third-order valence-corrected chi connectivity index (χ3v) is 5.33. The Bertz CT molecular complexity index is 1210. The van der Waals surface area contributed by atoms with Crippen molar-refractivity contribution in [1.82, 2.24) is 9.13 Å². The summed E-state index contributed by atoms with van der Waals surface area (Å²) in [6, 6.07) is 9.39. The molecule has 0 saturated carbocycles. The molecular formula is C20H21N5O5. The molecule has 0 bridgehead atoms. The highest BCUT2D eigenvalue weighted by atomic mass is 16.6. The summed E-state index contributed by atoms with van der Waals surface area (Å²) in [6.45, 7) is 2.34.